The van der Waals surface area contributed by atoms with Gasteiger partial charge in [0.1, 0.15) is 5.69 Å². The van der Waals surface area contributed by atoms with Crippen molar-refractivity contribution >= 4 is 17.3 Å². The van der Waals surface area contributed by atoms with Gasteiger partial charge in [0.25, 0.3) is 5.69 Å². The second kappa shape index (κ2) is 9.40. The van der Waals surface area contributed by atoms with E-state index in [1.807, 2.05) is 31.4 Å². The minimum atomic E-state index is -0.411. The van der Waals surface area contributed by atoms with Crippen molar-refractivity contribution in [1.29, 1.82) is 0 Å². The molecule has 0 saturated carbocycles. The van der Waals surface area contributed by atoms with Gasteiger partial charge in [-0.3, -0.25) is 19.7 Å². The lowest BCUT2D eigenvalue weighted by Crippen LogP contribution is -2.18. The number of nitrogens with zero attached hydrogens (tertiary/aromatic N) is 6. The molecule has 0 amide bonds. The highest BCUT2D eigenvalue weighted by Gasteiger charge is 2.16. The van der Waals surface area contributed by atoms with Crippen LogP contribution in [-0.2, 0) is 13.6 Å². The number of benzene rings is 2. The van der Waals surface area contributed by atoms with Gasteiger partial charge < -0.3 is 5.32 Å². The maximum Gasteiger partial charge on any atom is 0.269 e. The summed E-state index contributed by atoms with van der Waals surface area (Å²) in [6.45, 7) is 3.26. The van der Waals surface area contributed by atoms with Gasteiger partial charge >= 0.3 is 0 Å². The van der Waals surface area contributed by atoms with E-state index in [0.29, 0.717) is 17.3 Å². The molecule has 0 unspecified atom stereocenters. The summed E-state index contributed by atoms with van der Waals surface area (Å²) in [5, 5.41) is 18.9. The minimum Gasteiger partial charge on any atom is -0.324 e. The van der Waals surface area contributed by atoms with Crippen LogP contribution in [0.3, 0.4) is 0 Å². The molecular formula is C25H25N7O2. The van der Waals surface area contributed by atoms with Gasteiger partial charge in [-0.1, -0.05) is 12.1 Å². The Bertz CT molecular complexity index is 1310. The van der Waals surface area contributed by atoms with E-state index in [4.69, 9.17) is 4.98 Å². The predicted molar refractivity (Wildman–Crippen MR) is 131 cm³/mol. The fraction of sp³-hybridized carbons (Fsp3) is 0.240. The Kier molecular flexibility index (Phi) is 6.01. The Labute approximate surface area is 197 Å². The molecule has 172 valence electrons. The first-order chi connectivity index (χ1) is 16.5. The second-order valence-electron chi connectivity index (χ2n) is 8.44. The topological polar surface area (TPSA) is 102 Å². The first-order valence-electron chi connectivity index (χ1n) is 11.3. The van der Waals surface area contributed by atoms with Crippen LogP contribution in [0.1, 0.15) is 18.4 Å². The average molecular weight is 456 g/mol. The van der Waals surface area contributed by atoms with Gasteiger partial charge in [0, 0.05) is 54.9 Å². The van der Waals surface area contributed by atoms with Crippen molar-refractivity contribution in [3.8, 4) is 22.5 Å². The third-order valence-corrected chi connectivity index (χ3v) is 5.90. The van der Waals surface area contributed by atoms with Crippen molar-refractivity contribution in [1.82, 2.24) is 24.6 Å². The highest BCUT2D eigenvalue weighted by molar-refractivity contribution is 5.79. The zero-order chi connectivity index (χ0) is 23.5. The van der Waals surface area contributed by atoms with Gasteiger partial charge in [-0.15, -0.1) is 0 Å². The fourth-order valence-corrected chi connectivity index (χ4v) is 4.27. The van der Waals surface area contributed by atoms with Crippen molar-refractivity contribution in [2.45, 2.75) is 19.4 Å². The molecule has 9 nitrogen and oxygen atoms in total. The van der Waals surface area contributed by atoms with Crippen LogP contribution < -0.4 is 5.32 Å². The minimum absolute atomic E-state index is 0.0433. The van der Waals surface area contributed by atoms with E-state index in [2.05, 4.69) is 32.4 Å². The number of non-ortho nitro benzene ring substituents is 1. The SMILES string of the molecule is Cn1cc(-c2ccnc(Nc3cccc(CN4CCCC4)c3)n2)c(-c2ccc([N+](=O)[O-])cc2)n1. The molecule has 1 N–H and O–H groups in total. The zero-order valence-corrected chi connectivity index (χ0v) is 18.9. The summed E-state index contributed by atoms with van der Waals surface area (Å²) in [5.74, 6) is 0.495. The number of nitrogens with one attached hydrogen (secondary N) is 1. The van der Waals surface area contributed by atoms with Crippen LogP contribution in [0.5, 0.6) is 0 Å². The van der Waals surface area contributed by atoms with Gasteiger partial charge in [0.15, 0.2) is 0 Å². The summed E-state index contributed by atoms with van der Waals surface area (Å²) in [5.41, 5.74) is 5.27. The molecule has 3 heterocycles. The maximum atomic E-state index is 11.0. The molecule has 1 aliphatic rings. The molecule has 5 rings (SSSR count). The second-order valence-corrected chi connectivity index (χ2v) is 8.44. The van der Waals surface area contributed by atoms with E-state index >= 15 is 0 Å². The maximum absolute atomic E-state index is 11.0. The van der Waals surface area contributed by atoms with E-state index in [-0.39, 0.29) is 5.69 Å². The van der Waals surface area contributed by atoms with Gasteiger partial charge in [0.2, 0.25) is 5.95 Å². The Balaban J connectivity index is 1.39. The molecule has 1 saturated heterocycles. The molecule has 0 bridgehead atoms. The van der Waals surface area contributed by atoms with E-state index in [9.17, 15) is 10.1 Å². The van der Waals surface area contributed by atoms with E-state index in [0.717, 1.165) is 36.4 Å². The van der Waals surface area contributed by atoms with Gasteiger partial charge in [0.05, 0.1) is 10.6 Å². The van der Waals surface area contributed by atoms with Gasteiger partial charge in [-0.25, -0.2) is 9.97 Å². The number of aromatic nitrogens is 4. The van der Waals surface area contributed by atoms with Crippen LogP contribution in [0, 0.1) is 10.1 Å². The lowest BCUT2D eigenvalue weighted by atomic mass is 10.1. The molecule has 4 aromatic rings. The summed E-state index contributed by atoms with van der Waals surface area (Å²) in [4.78, 5) is 22.2. The van der Waals surface area contributed by atoms with E-state index < -0.39 is 4.92 Å². The van der Waals surface area contributed by atoms with Gasteiger partial charge in [-0.05, 0) is 61.8 Å². The fourth-order valence-electron chi connectivity index (χ4n) is 4.27. The van der Waals surface area contributed by atoms with E-state index in [1.54, 1.807) is 23.0 Å². The number of hydrogen-bond acceptors (Lipinski definition) is 7. The average Bonchev–Trinajstić information content (AvgIpc) is 3.49. The van der Waals surface area contributed by atoms with Crippen LogP contribution in [0.4, 0.5) is 17.3 Å². The van der Waals surface area contributed by atoms with Crippen LogP contribution in [0.15, 0.2) is 67.0 Å². The lowest BCUT2D eigenvalue weighted by Gasteiger charge is -2.15. The van der Waals surface area contributed by atoms with E-state index in [1.165, 1.54) is 30.5 Å². The van der Waals surface area contributed by atoms with Crippen LogP contribution in [0.25, 0.3) is 22.5 Å². The highest BCUT2D eigenvalue weighted by atomic mass is 16.6. The molecule has 0 aliphatic carbocycles. The zero-order valence-electron chi connectivity index (χ0n) is 18.9. The lowest BCUT2D eigenvalue weighted by molar-refractivity contribution is -0.384. The molecule has 0 spiro atoms. The van der Waals surface area contributed by atoms with Crippen molar-refractivity contribution in [3.05, 3.63) is 82.7 Å². The molecule has 1 aliphatic heterocycles. The smallest absolute Gasteiger partial charge is 0.269 e. The third-order valence-electron chi connectivity index (χ3n) is 5.90. The number of hydrogen-bond donors (Lipinski definition) is 1. The Morgan fingerprint density at radius 2 is 1.88 bits per heavy atom. The summed E-state index contributed by atoms with van der Waals surface area (Å²) in [7, 11) is 1.84. The largest absolute Gasteiger partial charge is 0.324 e. The molecule has 9 heteroatoms. The summed E-state index contributed by atoms with van der Waals surface area (Å²) in [6, 6.07) is 16.5. The normalized spacial score (nSPS) is 13.8. The number of aryl methyl sites for hydroxylation is 1. The summed E-state index contributed by atoms with van der Waals surface area (Å²) < 4.78 is 1.71. The van der Waals surface area contributed by atoms with Crippen LogP contribution >= 0.6 is 0 Å². The van der Waals surface area contributed by atoms with Crippen molar-refractivity contribution < 1.29 is 4.92 Å². The number of anilines is 2. The number of rotatable bonds is 7. The molecule has 34 heavy (non-hydrogen) atoms. The molecule has 0 atom stereocenters. The highest BCUT2D eigenvalue weighted by Crippen LogP contribution is 2.31. The first-order valence-corrected chi connectivity index (χ1v) is 11.3. The number of likely N-dealkylation sites (tertiary alicyclic amines) is 1. The van der Waals surface area contributed by atoms with Crippen molar-refractivity contribution in [2.75, 3.05) is 18.4 Å². The molecule has 0 radical (unpaired) electrons. The first kappa shape index (κ1) is 21.7. The van der Waals surface area contributed by atoms with Crippen molar-refractivity contribution in [2.24, 2.45) is 7.05 Å². The molecule has 2 aromatic carbocycles. The predicted octanol–water partition coefficient (Wildman–Crippen LogP) is 4.79. The standard InChI is InChI=1S/C25H25N7O2/c1-30-17-22(24(29-30)19-7-9-21(10-8-19)32(33)34)23-11-12-26-25(28-23)27-20-6-4-5-18(15-20)16-31-13-2-3-14-31/h4-12,15,17H,2-3,13-14,16H2,1H3,(H,26,27,28). The molecule has 1 fully saturated rings. The van der Waals surface area contributed by atoms with Crippen LogP contribution in [0.2, 0.25) is 0 Å². The Hall–Kier alpha value is -4.11. The number of nitro groups is 1. The number of nitro benzene ring substituents is 1. The van der Waals surface area contributed by atoms with Crippen LogP contribution in [-0.4, -0.2) is 42.7 Å². The molecule has 2 aromatic heterocycles. The monoisotopic (exact) mass is 455 g/mol. The summed E-state index contributed by atoms with van der Waals surface area (Å²) >= 11 is 0. The summed E-state index contributed by atoms with van der Waals surface area (Å²) in [6.07, 6.45) is 6.15. The third kappa shape index (κ3) is 4.79. The Morgan fingerprint density at radius 1 is 1.09 bits per heavy atom. The van der Waals surface area contributed by atoms with Gasteiger partial charge in [-0.2, -0.15) is 5.10 Å². The molecular weight excluding hydrogens is 430 g/mol. The van der Waals surface area contributed by atoms with Crippen molar-refractivity contribution in [3.63, 3.8) is 0 Å². The quantitative estimate of drug-likeness (QED) is 0.316. The Morgan fingerprint density at radius 3 is 2.65 bits per heavy atom.